The van der Waals surface area contributed by atoms with E-state index in [2.05, 4.69) is 58.4 Å². The molecule has 2 aromatic carbocycles. The van der Waals surface area contributed by atoms with Gasteiger partial charge in [0.15, 0.2) is 0 Å². The summed E-state index contributed by atoms with van der Waals surface area (Å²) < 4.78 is 7.84. The van der Waals surface area contributed by atoms with Crippen LogP contribution in [0.2, 0.25) is 0 Å². The Labute approximate surface area is 185 Å². The summed E-state index contributed by atoms with van der Waals surface area (Å²) in [6, 6.07) is 24.5. The molecular weight excluding hydrogens is 446 g/mol. The number of thiazole rings is 1. The number of hydrazone groups is 1. The van der Waals surface area contributed by atoms with E-state index in [1.54, 1.807) is 17.6 Å². The van der Waals surface area contributed by atoms with Gasteiger partial charge in [0.2, 0.25) is 0 Å². The number of halogens is 1. The minimum Gasteiger partial charge on any atom is -1.00 e. The molecule has 0 bridgehead atoms. The summed E-state index contributed by atoms with van der Waals surface area (Å²) in [5.41, 5.74) is 7.68. The maximum Gasteiger partial charge on any atom is 0.360 e. The van der Waals surface area contributed by atoms with Gasteiger partial charge in [-0.2, -0.15) is 0 Å². The van der Waals surface area contributed by atoms with Crippen molar-refractivity contribution in [3.63, 3.8) is 0 Å². The fraction of sp³-hybridized carbons (Fsp3) is 0.130. The zero-order valence-electron chi connectivity index (χ0n) is 16.3. The van der Waals surface area contributed by atoms with Gasteiger partial charge in [-0.15, -0.1) is 5.43 Å². The molecule has 2 aromatic heterocycles. The van der Waals surface area contributed by atoms with Crippen molar-refractivity contribution in [2.24, 2.45) is 5.10 Å². The number of hydrogen-bond donors (Lipinski definition) is 1. The van der Waals surface area contributed by atoms with E-state index in [4.69, 9.17) is 4.42 Å². The molecule has 4 nitrogen and oxygen atoms in total. The van der Waals surface area contributed by atoms with Crippen LogP contribution in [-0.2, 0) is 6.54 Å². The molecule has 29 heavy (non-hydrogen) atoms. The molecule has 0 aliphatic rings. The quantitative estimate of drug-likeness (QED) is 0.269. The predicted octanol–water partition coefficient (Wildman–Crippen LogP) is 2.49. The van der Waals surface area contributed by atoms with Crippen LogP contribution in [0.15, 0.2) is 88.6 Å². The zero-order chi connectivity index (χ0) is 19.3. The molecule has 0 unspecified atom stereocenters. The summed E-state index contributed by atoms with van der Waals surface area (Å²) in [7, 11) is 0. The van der Waals surface area contributed by atoms with Crippen LogP contribution in [0, 0.1) is 6.92 Å². The predicted molar refractivity (Wildman–Crippen MR) is 115 cm³/mol. The Morgan fingerprint density at radius 2 is 1.69 bits per heavy atom. The fourth-order valence-electron chi connectivity index (χ4n) is 3.16. The minimum atomic E-state index is 0. The Morgan fingerprint density at radius 1 is 1.00 bits per heavy atom. The molecule has 0 atom stereocenters. The van der Waals surface area contributed by atoms with Gasteiger partial charge < -0.3 is 21.4 Å². The van der Waals surface area contributed by atoms with Crippen molar-refractivity contribution < 1.29 is 26.0 Å². The molecule has 0 saturated carbocycles. The van der Waals surface area contributed by atoms with Crippen LogP contribution in [0.4, 0.5) is 5.13 Å². The van der Waals surface area contributed by atoms with Crippen LogP contribution in [0.3, 0.4) is 0 Å². The van der Waals surface area contributed by atoms with E-state index in [9.17, 15) is 0 Å². The Balaban J connectivity index is 0.00000240. The average Bonchev–Trinajstić information content (AvgIpc) is 3.35. The third-order valence-electron chi connectivity index (χ3n) is 4.55. The summed E-state index contributed by atoms with van der Waals surface area (Å²) in [6.45, 7) is 4.80. The highest BCUT2D eigenvalue weighted by atomic mass is 79.9. The van der Waals surface area contributed by atoms with Crippen molar-refractivity contribution in [2.45, 2.75) is 20.4 Å². The highest BCUT2D eigenvalue weighted by molar-refractivity contribution is 7.15. The van der Waals surface area contributed by atoms with Crippen LogP contribution in [0.1, 0.15) is 23.1 Å². The summed E-state index contributed by atoms with van der Waals surface area (Å²) in [5, 5.41) is 5.60. The fourth-order valence-corrected chi connectivity index (χ4v) is 4.14. The summed E-state index contributed by atoms with van der Waals surface area (Å²) in [6.07, 6.45) is 1.71. The van der Waals surface area contributed by atoms with Gasteiger partial charge in [-0.05, 0) is 42.9 Å². The minimum absolute atomic E-state index is 0. The van der Waals surface area contributed by atoms with Gasteiger partial charge >= 0.3 is 5.13 Å². The Kier molecular flexibility index (Phi) is 7.01. The van der Waals surface area contributed by atoms with E-state index >= 15 is 0 Å². The first-order valence-electron chi connectivity index (χ1n) is 9.19. The molecule has 1 N–H and O–H groups in total. The van der Waals surface area contributed by atoms with E-state index in [0.717, 1.165) is 22.2 Å². The summed E-state index contributed by atoms with van der Waals surface area (Å²) >= 11 is 1.70. The van der Waals surface area contributed by atoms with Gasteiger partial charge in [-0.25, -0.2) is 4.57 Å². The number of rotatable bonds is 6. The molecule has 0 aliphatic heterocycles. The Bertz CT molecular complexity index is 1070. The number of aryl methyl sites for hydroxylation is 1. The molecule has 0 aliphatic carbocycles. The van der Waals surface area contributed by atoms with Crippen molar-refractivity contribution in [3.05, 3.63) is 95.3 Å². The van der Waals surface area contributed by atoms with Gasteiger partial charge in [0, 0.05) is 5.56 Å². The number of aromatic nitrogens is 1. The van der Waals surface area contributed by atoms with E-state index in [1.807, 2.05) is 43.3 Å². The molecule has 4 rings (SSSR count). The third-order valence-corrected chi connectivity index (χ3v) is 5.55. The number of furan rings is 1. The van der Waals surface area contributed by atoms with E-state index in [-0.39, 0.29) is 17.0 Å². The lowest BCUT2D eigenvalue weighted by Gasteiger charge is -2.05. The topological polar surface area (TPSA) is 41.4 Å². The van der Waals surface area contributed by atoms with Crippen LogP contribution in [0.25, 0.3) is 11.3 Å². The van der Waals surface area contributed by atoms with Crippen LogP contribution in [0.5, 0.6) is 0 Å². The number of benzene rings is 2. The van der Waals surface area contributed by atoms with Gasteiger partial charge in [0.25, 0.3) is 0 Å². The first-order chi connectivity index (χ1) is 13.7. The smallest absolute Gasteiger partial charge is 0.360 e. The van der Waals surface area contributed by atoms with E-state index < -0.39 is 0 Å². The van der Waals surface area contributed by atoms with Crippen LogP contribution in [-0.4, -0.2) is 5.71 Å². The first kappa shape index (κ1) is 21.0. The number of nitrogens with one attached hydrogen (secondary N) is 1. The van der Waals surface area contributed by atoms with Crippen molar-refractivity contribution in [1.29, 1.82) is 0 Å². The lowest BCUT2D eigenvalue weighted by molar-refractivity contribution is -0.661. The highest BCUT2D eigenvalue weighted by Crippen LogP contribution is 2.29. The highest BCUT2D eigenvalue weighted by Gasteiger charge is 2.24. The molecular formula is C23H22BrN3OS. The molecule has 2 heterocycles. The number of nitrogens with zero attached hydrogens (tertiary/aromatic N) is 2. The molecule has 0 fully saturated rings. The molecule has 4 aromatic rings. The van der Waals surface area contributed by atoms with Gasteiger partial charge in [-0.1, -0.05) is 65.8 Å². The van der Waals surface area contributed by atoms with Crippen LogP contribution >= 0.6 is 11.3 Å². The SMILES string of the molecule is C/C(=N\Nc1sc(C)c(-c2ccccc2)[n+]1Cc1ccco1)c1ccccc1.[Br-]. The molecule has 0 spiro atoms. The monoisotopic (exact) mass is 467 g/mol. The summed E-state index contributed by atoms with van der Waals surface area (Å²) in [4.78, 5) is 1.23. The lowest BCUT2D eigenvalue weighted by atomic mass is 10.1. The van der Waals surface area contributed by atoms with Gasteiger partial charge in [0.05, 0.1) is 16.9 Å². The van der Waals surface area contributed by atoms with E-state index in [0.29, 0.717) is 6.54 Å². The van der Waals surface area contributed by atoms with Crippen molar-refractivity contribution in [1.82, 2.24) is 0 Å². The second kappa shape index (κ2) is 9.67. The second-order valence-corrected chi connectivity index (χ2v) is 7.72. The molecule has 0 amide bonds. The summed E-state index contributed by atoms with van der Waals surface area (Å²) in [5.74, 6) is 0.909. The Morgan fingerprint density at radius 3 is 2.34 bits per heavy atom. The van der Waals surface area contributed by atoms with Crippen molar-refractivity contribution >= 4 is 22.2 Å². The maximum atomic E-state index is 5.61. The van der Waals surface area contributed by atoms with Crippen LogP contribution < -0.4 is 27.0 Å². The molecule has 0 saturated heterocycles. The van der Waals surface area contributed by atoms with Crippen molar-refractivity contribution in [2.75, 3.05) is 5.43 Å². The normalized spacial score (nSPS) is 11.2. The number of hydrogen-bond acceptors (Lipinski definition) is 4. The lowest BCUT2D eigenvalue weighted by Crippen LogP contribution is -3.00. The van der Waals surface area contributed by atoms with Crippen molar-refractivity contribution in [3.8, 4) is 11.3 Å². The molecule has 0 radical (unpaired) electrons. The molecule has 148 valence electrons. The molecule has 6 heteroatoms. The second-order valence-electron chi connectivity index (χ2n) is 6.52. The van der Waals surface area contributed by atoms with E-state index in [1.165, 1.54) is 16.1 Å². The number of anilines is 1. The Hall–Kier alpha value is -2.70. The standard InChI is InChI=1S/C23H21N3OS.BrH/c1-17(19-10-5-3-6-11-19)24-25-23-26(16-21-14-9-15-27-21)22(18(2)28-23)20-12-7-4-8-13-20;/h3-15H,16H2,1-2H3;1H/b24-17+;. The maximum absolute atomic E-state index is 5.61. The third kappa shape index (κ3) is 4.83. The van der Waals surface area contributed by atoms with Gasteiger partial charge in [0.1, 0.15) is 18.0 Å². The largest absolute Gasteiger partial charge is 1.00 e. The first-order valence-corrected chi connectivity index (χ1v) is 10.0. The average molecular weight is 468 g/mol. The zero-order valence-corrected chi connectivity index (χ0v) is 18.7. The van der Waals surface area contributed by atoms with Gasteiger partial charge in [-0.3, -0.25) is 0 Å².